The molecule has 0 aromatic heterocycles. The molecule has 1 heterocycles. The van der Waals surface area contributed by atoms with Crippen LogP contribution in [0.5, 0.6) is 5.75 Å². The molecule has 8 heteroatoms. The fraction of sp³-hybridized carbons (Fsp3) is 0.372. The summed E-state index contributed by atoms with van der Waals surface area (Å²) in [7, 11) is 0. The van der Waals surface area contributed by atoms with E-state index in [0.29, 0.717) is 30.3 Å². The molecule has 0 unspecified atom stereocenters. The first-order valence-electron chi connectivity index (χ1n) is 18.1. The fourth-order valence-electron chi connectivity index (χ4n) is 6.68. The predicted molar refractivity (Wildman–Crippen MR) is 198 cm³/mol. The molecule has 0 spiro atoms. The summed E-state index contributed by atoms with van der Waals surface area (Å²) in [6.07, 6.45) is 6.25. The van der Waals surface area contributed by atoms with Gasteiger partial charge in [0, 0.05) is 18.3 Å². The fourth-order valence-corrected chi connectivity index (χ4v) is 6.68. The van der Waals surface area contributed by atoms with E-state index in [1.165, 1.54) is 42.6 Å². The molecular formula is C43H48N2O6. The van der Waals surface area contributed by atoms with Crippen LogP contribution in [0.1, 0.15) is 97.8 Å². The number of rotatable bonds is 11. The Morgan fingerprint density at radius 3 is 2.00 bits per heavy atom. The lowest BCUT2D eigenvalue weighted by atomic mass is 9.84. The van der Waals surface area contributed by atoms with Crippen LogP contribution in [0, 0.1) is 0 Å². The summed E-state index contributed by atoms with van der Waals surface area (Å²) in [6.45, 7) is 6.49. The van der Waals surface area contributed by atoms with Gasteiger partial charge in [-0.2, -0.15) is 0 Å². The van der Waals surface area contributed by atoms with Crippen molar-refractivity contribution in [2.75, 3.05) is 11.4 Å². The number of esters is 1. The molecule has 2 aliphatic rings. The molecule has 0 radical (unpaired) electrons. The lowest BCUT2D eigenvalue weighted by Crippen LogP contribution is -2.59. The minimum atomic E-state index is -0.685. The van der Waals surface area contributed by atoms with Gasteiger partial charge in [0.25, 0.3) is 0 Å². The van der Waals surface area contributed by atoms with Crippen LogP contribution in [0.25, 0.3) is 0 Å². The van der Waals surface area contributed by atoms with Crippen molar-refractivity contribution in [2.24, 2.45) is 0 Å². The number of likely N-dealkylation sites (tertiary alicyclic amines) is 1. The van der Waals surface area contributed by atoms with E-state index in [1.807, 2.05) is 81.4 Å². The van der Waals surface area contributed by atoms with Crippen molar-refractivity contribution < 1.29 is 28.6 Å². The number of nitrogens with zero attached hydrogens (tertiary/aromatic N) is 2. The zero-order valence-corrected chi connectivity index (χ0v) is 29.9. The zero-order valence-electron chi connectivity index (χ0n) is 29.9. The highest BCUT2D eigenvalue weighted by molar-refractivity contribution is 6.00. The molecule has 8 nitrogen and oxygen atoms in total. The molecule has 1 aliphatic carbocycles. The first-order chi connectivity index (χ1) is 24.6. The van der Waals surface area contributed by atoms with E-state index in [4.69, 9.17) is 14.2 Å². The van der Waals surface area contributed by atoms with E-state index in [-0.39, 0.29) is 31.2 Å². The molecule has 0 bridgehead atoms. The van der Waals surface area contributed by atoms with Crippen molar-refractivity contribution >= 4 is 23.7 Å². The van der Waals surface area contributed by atoms with Crippen LogP contribution < -0.4 is 9.64 Å². The average molecular weight is 689 g/mol. The molecule has 2 amide bonds. The number of amides is 2. The van der Waals surface area contributed by atoms with Crippen molar-refractivity contribution in [3.05, 3.63) is 131 Å². The van der Waals surface area contributed by atoms with E-state index < -0.39 is 23.7 Å². The van der Waals surface area contributed by atoms with Gasteiger partial charge in [0.05, 0.1) is 6.54 Å². The molecular weight excluding hydrogens is 640 g/mol. The van der Waals surface area contributed by atoms with Crippen molar-refractivity contribution in [2.45, 2.75) is 96.6 Å². The molecule has 1 aliphatic heterocycles. The molecule has 51 heavy (non-hydrogen) atoms. The second-order valence-corrected chi connectivity index (χ2v) is 14.5. The van der Waals surface area contributed by atoms with Gasteiger partial charge in [0.15, 0.2) is 0 Å². The first kappa shape index (κ1) is 35.7. The molecule has 4 aromatic carbocycles. The lowest BCUT2D eigenvalue weighted by Gasteiger charge is -2.42. The molecule has 0 N–H and O–H groups in total. The second kappa shape index (κ2) is 16.3. The quantitative estimate of drug-likeness (QED) is 0.146. The minimum absolute atomic E-state index is 0.114. The van der Waals surface area contributed by atoms with Gasteiger partial charge in [-0.25, -0.2) is 9.59 Å². The third kappa shape index (κ3) is 9.37. The molecule has 2 fully saturated rings. The third-order valence-corrected chi connectivity index (χ3v) is 9.54. The van der Waals surface area contributed by atoms with E-state index >= 15 is 0 Å². The van der Waals surface area contributed by atoms with Gasteiger partial charge in [-0.3, -0.25) is 9.69 Å². The summed E-state index contributed by atoms with van der Waals surface area (Å²) < 4.78 is 17.6. The lowest BCUT2D eigenvalue weighted by molar-refractivity contribution is -0.128. The number of carbonyl (C=O) groups is 3. The maximum atomic E-state index is 14.4. The molecule has 6 rings (SSSR count). The Kier molecular flexibility index (Phi) is 11.4. The third-order valence-electron chi connectivity index (χ3n) is 9.54. The molecule has 1 saturated heterocycles. The SMILES string of the molecule is CC(C)(C)OC(=O)N1CC[C@@H]1C(=O)N(Cc1ccc(C2CCCCC2)cc1)c1ccc(C(=O)OCc2ccccc2)c(OCc2ccccc2)c1. The summed E-state index contributed by atoms with van der Waals surface area (Å²) in [6, 6.07) is 32.2. The average Bonchev–Trinajstić information content (AvgIpc) is 3.12. The van der Waals surface area contributed by atoms with Crippen molar-refractivity contribution in [3.8, 4) is 5.75 Å². The van der Waals surface area contributed by atoms with Gasteiger partial charge < -0.3 is 19.1 Å². The maximum absolute atomic E-state index is 14.4. The highest BCUT2D eigenvalue weighted by Crippen LogP contribution is 2.34. The van der Waals surface area contributed by atoms with E-state index in [1.54, 1.807) is 23.1 Å². The highest BCUT2D eigenvalue weighted by atomic mass is 16.6. The topological polar surface area (TPSA) is 85.4 Å². The van der Waals surface area contributed by atoms with Gasteiger partial charge in [0.1, 0.15) is 36.2 Å². The van der Waals surface area contributed by atoms with Gasteiger partial charge in [-0.1, -0.05) is 104 Å². The number of anilines is 1. The normalized spacial score (nSPS) is 16.1. The molecule has 1 saturated carbocycles. The highest BCUT2D eigenvalue weighted by Gasteiger charge is 2.42. The molecule has 4 aromatic rings. The van der Waals surface area contributed by atoms with Crippen LogP contribution in [-0.4, -0.2) is 41.1 Å². The maximum Gasteiger partial charge on any atom is 0.410 e. The Morgan fingerprint density at radius 2 is 1.39 bits per heavy atom. The van der Waals surface area contributed by atoms with Gasteiger partial charge in [-0.05, 0) is 80.3 Å². The smallest absolute Gasteiger partial charge is 0.410 e. The first-order valence-corrected chi connectivity index (χ1v) is 18.1. The van der Waals surface area contributed by atoms with Crippen molar-refractivity contribution in [1.29, 1.82) is 0 Å². The molecule has 266 valence electrons. The number of benzene rings is 4. The van der Waals surface area contributed by atoms with Crippen LogP contribution in [0.2, 0.25) is 0 Å². The predicted octanol–water partition coefficient (Wildman–Crippen LogP) is 9.21. The Labute approximate surface area is 301 Å². The van der Waals surface area contributed by atoms with Crippen molar-refractivity contribution in [3.63, 3.8) is 0 Å². The Morgan fingerprint density at radius 1 is 0.745 bits per heavy atom. The Hall–Kier alpha value is -5.11. The van der Waals surface area contributed by atoms with E-state index in [0.717, 1.165) is 16.7 Å². The van der Waals surface area contributed by atoms with Crippen molar-refractivity contribution in [1.82, 2.24) is 4.90 Å². The zero-order chi connectivity index (χ0) is 35.8. The molecule has 1 atom stereocenters. The van der Waals surface area contributed by atoms with E-state index in [9.17, 15) is 14.4 Å². The summed E-state index contributed by atoms with van der Waals surface area (Å²) in [5.74, 6) is 0.121. The largest absolute Gasteiger partial charge is 0.488 e. The van der Waals surface area contributed by atoms with Gasteiger partial charge in [0.2, 0.25) is 5.91 Å². The van der Waals surface area contributed by atoms with Gasteiger partial charge in [-0.15, -0.1) is 0 Å². The van der Waals surface area contributed by atoms with Crippen LogP contribution in [-0.2, 0) is 34.0 Å². The summed E-state index contributed by atoms with van der Waals surface area (Å²) in [5.41, 5.74) is 4.22. The van der Waals surface area contributed by atoms with Gasteiger partial charge >= 0.3 is 12.1 Å². The van der Waals surface area contributed by atoms with E-state index in [2.05, 4.69) is 24.3 Å². The Balaban J connectivity index is 1.30. The summed E-state index contributed by atoms with van der Waals surface area (Å²) in [5, 5.41) is 0. The van der Waals surface area contributed by atoms with Crippen LogP contribution >= 0.6 is 0 Å². The number of ether oxygens (including phenoxy) is 3. The Bertz CT molecular complexity index is 1780. The standard InChI is InChI=1S/C43H48N2O6/c1-43(2,3)51-42(48)44-26-25-38(44)40(46)45(28-31-19-21-35(22-20-31)34-17-11-6-12-18-34)36-23-24-37(41(47)50-30-33-15-9-5-10-16-33)39(27-36)49-29-32-13-7-4-8-14-32/h4-5,7-10,13-16,19-24,27,34,38H,6,11-12,17-18,25-26,28-30H2,1-3H3/t38-/m1/s1. The number of hydrogen-bond donors (Lipinski definition) is 0. The van der Waals surface area contributed by atoms with Crippen LogP contribution in [0.3, 0.4) is 0 Å². The number of hydrogen-bond acceptors (Lipinski definition) is 6. The monoisotopic (exact) mass is 688 g/mol. The summed E-state index contributed by atoms with van der Waals surface area (Å²) >= 11 is 0. The second-order valence-electron chi connectivity index (χ2n) is 14.5. The summed E-state index contributed by atoms with van der Waals surface area (Å²) in [4.78, 5) is 44.2. The minimum Gasteiger partial charge on any atom is -0.488 e. The van der Waals surface area contributed by atoms with Crippen LogP contribution in [0.15, 0.2) is 103 Å². The number of carbonyl (C=O) groups excluding carboxylic acids is 3. The van der Waals surface area contributed by atoms with Crippen LogP contribution in [0.4, 0.5) is 10.5 Å².